The molecule has 0 aliphatic carbocycles. The second-order valence-corrected chi connectivity index (χ2v) is 7.42. The van der Waals surface area contributed by atoms with E-state index in [0.717, 1.165) is 0 Å². The predicted octanol–water partition coefficient (Wildman–Crippen LogP) is 4.15. The zero-order valence-corrected chi connectivity index (χ0v) is 17.3. The summed E-state index contributed by atoms with van der Waals surface area (Å²) in [5, 5.41) is 12.5. The van der Waals surface area contributed by atoms with Crippen molar-refractivity contribution >= 4 is 28.9 Å². The Morgan fingerprint density at radius 2 is 1.81 bits per heavy atom. The lowest BCUT2D eigenvalue weighted by atomic mass is 10.0. The summed E-state index contributed by atoms with van der Waals surface area (Å²) in [6.45, 7) is 4.61. The van der Waals surface area contributed by atoms with Gasteiger partial charge >= 0.3 is 0 Å². The van der Waals surface area contributed by atoms with Gasteiger partial charge in [0, 0.05) is 49.0 Å². The maximum absolute atomic E-state index is 11.7. The molecule has 8 heteroatoms. The minimum absolute atomic E-state index is 0.0477. The summed E-state index contributed by atoms with van der Waals surface area (Å²) < 4.78 is 5.78. The van der Waals surface area contributed by atoms with Crippen LogP contribution in [0.5, 0.6) is 11.5 Å². The van der Waals surface area contributed by atoms with Gasteiger partial charge in [0.05, 0.1) is 22.5 Å². The molecular formula is C23H20ClN5O2. The van der Waals surface area contributed by atoms with Crippen LogP contribution in [0.3, 0.4) is 0 Å². The van der Waals surface area contributed by atoms with Crippen LogP contribution in [0, 0.1) is 5.41 Å². The standard InChI is InChI=1S/C23H20ClN5O2/c1-2-21(30)29-13-16(14-29)28-23-19(11-27-12-20(23)24)22(25)15-3-5-17(6-4-15)31-18-7-9-26-10-8-18/h2-12,16,25H,1,13-14H2,(H,27,28). The molecule has 7 nitrogen and oxygen atoms in total. The third kappa shape index (κ3) is 4.57. The van der Waals surface area contributed by atoms with Crippen molar-refractivity contribution in [2.45, 2.75) is 6.04 Å². The molecule has 1 aliphatic heterocycles. The number of carbonyl (C=O) groups is 1. The van der Waals surface area contributed by atoms with Crippen LogP contribution in [0.25, 0.3) is 0 Å². The first-order chi connectivity index (χ1) is 15.0. The summed E-state index contributed by atoms with van der Waals surface area (Å²) in [6, 6.07) is 10.8. The Hall–Kier alpha value is -3.71. The number of anilines is 1. The lowest BCUT2D eigenvalue weighted by molar-refractivity contribution is -0.129. The van der Waals surface area contributed by atoms with E-state index >= 15 is 0 Å². The fourth-order valence-electron chi connectivity index (χ4n) is 3.24. The van der Waals surface area contributed by atoms with Gasteiger partial charge in [-0.2, -0.15) is 0 Å². The van der Waals surface area contributed by atoms with E-state index in [2.05, 4.69) is 21.9 Å². The fourth-order valence-corrected chi connectivity index (χ4v) is 3.45. The summed E-state index contributed by atoms with van der Waals surface area (Å²) in [7, 11) is 0. The molecule has 31 heavy (non-hydrogen) atoms. The molecule has 0 saturated carbocycles. The number of hydrogen-bond donors (Lipinski definition) is 2. The van der Waals surface area contributed by atoms with Gasteiger partial charge in [0.15, 0.2) is 0 Å². The van der Waals surface area contributed by atoms with Gasteiger partial charge in [-0.15, -0.1) is 0 Å². The van der Waals surface area contributed by atoms with Crippen LogP contribution in [0.4, 0.5) is 5.69 Å². The number of halogens is 1. The largest absolute Gasteiger partial charge is 0.457 e. The highest BCUT2D eigenvalue weighted by Crippen LogP contribution is 2.30. The van der Waals surface area contributed by atoms with Gasteiger partial charge in [-0.3, -0.25) is 20.2 Å². The molecule has 0 bridgehead atoms. The summed E-state index contributed by atoms with van der Waals surface area (Å²) in [6.07, 6.45) is 7.78. The highest BCUT2D eigenvalue weighted by molar-refractivity contribution is 6.34. The summed E-state index contributed by atoms with van der Waals surface area (Å²) in [4.78, 5) is 21.5. The van der Waals surface area contributed by atoms with E-state index in [1.54, 1.807) is 47.8 Å². The van der Waals surface area contributed by atoms with Crippen molar-refractivity contribution in [1.82, 2.24) is 14.9 Å². The molecule has 4 rings (SSSR count). The average molecular weight is 434 g/mol. The minimum Gasteiger partial charge on any atom is -0.457 e. The van der Waals surface area contributed by atoms with Crippen molar-refractivity contribution < 1.29 is 9.53 Å². The van der Waals surface area contributed by atoms with Crippen LogP contribution < -0.4 is 10.1 Å². The smallest absolute Gasteiger partial charge is 0.246 e. The maximum Gasteiger partial charge on any atom is 0.246 e. The van der Waals surface area contributed by atoms with Crippen molar-refractivity contribution in [1.29, 1.82) is 5.41 Å². The number of rotatable bonds is 7. The lowest BCUT2D eigenvalue weighted by Gasteiger charge is -2.40. The number of nitrogens with one attached hydrogen (secondary N) is 2. The molecular weight excluding hydrogens is 414 g/mol. The van der Waals surface area contributed by atoms with E-state index in [0.29, 0.717) is 46.4 Å². The molecule has 156 valence electrons. The normalized spacial score (nSPS) is 13.3. The Bertz CT molecular complexity index is 1110. The van der Waals surface area contributed by atoms with E-state index in [1.165, 1.54) is 12.3 Å². The SMILES string of the molecule is C=CC(=O)N1CC(Nc2c(Cl)cncc2C(=N)c2ccc(Oc3ccncc3)cc2)C1. The van der Waals surface area contributed by atoms with Crippen LogP contribution >= 0.6 is 11.6 Å². The minimum atomic E-state index is -0.0964. The molecule has 0 unspecified atom stereocenters. The number of amides is 1. The molecule has 3 heterocycles. The average Bonchev–Trinajstić information content (AvgIpc) is 2.77. The quantitative estimate of drug-likeness (QED) is 0.431. The Labute approximate surface area is 184 Å². The van der Waals surface area contributed by atoms with Crippen LogP contribution in [0.15, 0.2) is 73.8 Å². The maximum atomic E-state index is 11.7. The number of pyridine rings is 2. The molecule has 1 amide bonds. The van der Waals surface area contributed by atoms with E-state index in [-0.39, 0.29) is 17.7 Å². The zero-order chi connectivity index (χ0) is 21.8. The molecule has 0 radical (unpaired) electrons. The first kappa shape index (κ1) is 20.6. The molecule has 0 spiro atoms. The van der Waals surface area contributed by atoms with Gasteiger partial charge in [0.25, 0.3) is 0 Å². The number of nitrogens with zero attached hydrogens (tertiary/aromatic N) is 3. The van der Waals surface area contributed by atoms with Crippen LogP contribution in [0.2, 0.25) is 5.02 Å². The predicted molar refractivity (Wildman–Crippen MR) is 120 cm³/mol. The van der Waals surface area contributed by atoms with Crippen molar-refractivity contribution in [2.24, 2.45) is 0 Å². The first-order valence-corrected chi connectivity index (χ1v) is 10.0. The third-order valence-electron chi connectivity index (χ3n) is 4.91. The van der Waals surface area contributed by atoms with Gasteiger partial charge in [-0.1, -0.05) is 18.2 Å². The van der Waals surface area contributed by atoms with Crippen molar-refractivity contribution in [3.8, 4) is 11.5 Å². The molecule has 3 aromatic rings. The number of hydrogen-bond acceptors (Lipinski definition) is 6. The Balaban J connectivity index is 1.49. The second kappa shape index (κ2) is 8.97. The number of carbonyl (C=O) groups excluding carboxylic acids is 1. The highest BCUT2D eigenvalue weighted by Gasteiger charge is 2.30. The van der Waals surface area contributed by atoms with Crippen molar-refractivity contribution in [3.63, 3.8) is 0 Å². The van der Waals surface area contributed by atoms with E-state index < -0.39 is 0 Å². The van der Waals surface area contributed by atoms with Crippen LogP contribution in [-0.2, 0) is 4.79 Å². The Morgan fingerprint density at radius 1 is 1.13 bits per heavy atom. The molecule has 2 aromatic heterocycles. The van der Waals surface area contributed by atoms with Gasteiger partial charge in [0.2, 0.25) is 5.91 Å². The second-order valence-electron chi connectivity index (χ2n) is 7.02. The molecule has 1 aliphatic rings. The summed E-state index contributed by atoms with van der Waals surface area (Å²) >= 11 is 6.38. The Kier molecular flexibility index (Phi) is 5.95. The third-order valence-corrected chi connectivity index (χ3v) is 5.20. The summed E-state index contributed by atoms with van der Waals surface area (Å²) in [5.74, 6) is 1.25. The zero-order valence-electron chi connectivity index (χ0n) is 16.6. The van der Waals surface area contributed by atoms with Crippen molar-refractivity contribution in [2.75, 3.05) is 18.4 Å². The fraction of sp³-hybridized carbons (Fsp3) is 0.130. The van der Waals surface area contributed by atoms with Crippen molar-refractivity contribution in [3.05, 3.63) is 90.0 Å². The first-order valence-electron chi connectivity index (χ1n) is 9.64. The molecule has 1 fully saturated rings. The molecule has 2 N–H and O–H groups in total. The van der Waals surface area contributed by atoms with Gasteiger partial charge in [0.1, 0.15) is 11.5 Å². The Morgan fingerprint density at radius 3 is 2.48 bits per heavy atom. The van der Waals surface area contributed by atoms with Gasteiger partial charge in [-0.25, -0.2) is 0 Å². The lowest BCUT2D eigenvalue weighted by Crippen LogP contribution is -2.56. The number of benzene rings is 1. The van der Waals surface area contributed by atoms with E-state index in [1.807, 2.05) is 12.1 Å². The van der Waals surface area contributed by atoms with Crippen LogP contribution in [-0.4, -0.2) is 45.6 Å². The van der Waals surface area contributed by atoms with Gasteiger partial charge in [-0.05, 0) is 42.5 Å². The van der Waals surface area contributed by atoms with Gasteiger partial charge < -0.3 is 15.0 Å². The molecule has 1 aromatic carbocycles. The van der Waals surface area contributed by atoms with Crippen LogP contribution in [0.1, 0.15) is 11.1 Å². The monoisotopic (exact) mass is 433 g/mol. The van der Waals surface area contributed by atoms with E-state index in [9.17, 15) is 4.79 Å². The highest BCUT2D eigenvalue weighted by atomic mass is 35.5. The number of ether oxygens (including phenoxy) is 1. The number of likely N-dealkylation sites (tertiary alicyclic amines) is 1. The molecule has 1 saturated heterocycles. The van der Waals surface area contributed by atoms with E-state index in [4.69, 9.17) is 21.7 Å². The molecule has 0 atom stereocenters. The topological polar surface area (TPSA) is 91.2 Å². The number of aromatic nitrogens is 2. The summed E-state index contributed by atoms with van der Waals surface area (Å²) in [5.41, 5.74) is 2.20.